The molecule has 4 heteroatoms. The smallest absolute Gasteiger partial charge is 0.130 e. The van der Waals surface area contributed by atoms with Crippen molar-refractivity contribution in [2.75, 3.05) is 13.7 Å². The molecule has 0 saturated heterocycles. The molecule has 1 rings (SSSR count). The highest BCUT2D eigenvalue weighted by molar-refractivity contribution is 6.16. The van der Waals surface area contributed by atoms with Gasteiger partial charge in [-0.05, 0) is 6.07 Å². The molecular weight excluding hydrogens is 176 g/mol. The van der Waals surface area contributed by atoms with Crippen LogP contribution in [0.4, 0.5) is 0 Å². The van der Waals surface area contributed by atoms with Gasteiger partial charge >= 0.3 is 0 Å². The first-order valence-corrected chi connectivity index (χ1v) is 4.26. The lowest BCUT2D eigenvalue weighted by atomic mass is 10.4. The third kappa shape index (κ3) is 2.75. The van der Waals surface area contributed by atoms with Gasteiger partial charge in [-0.25, -0.2) is 9.97 Å². The van der Waals surface area contributed by atoms with Gasteiger partial charge < -0.3 is 4.74 Å². The Labute approximate surface area is 76.7 Å². The lowest BCUT2D eigenvalue weighted by Gasteiger charge is -1.99. The van der Waals surface area contributed by atoms with Gasteiger partial charge in [0.1, 0.15) is 5.82 Å². The molecule has 1 aromatic rings. The monoisotopic (exact) mass is 186 g/mol. The molecule has 0 aliphatic carbocycles. The maximum atomic E-state index is 5.61. The maximum absolute atomic E-state index is 5.61. The molecule has 3 nitrogen and oxygen atoms in total. The van der Waals surface area contributed by atoms with Gasteiger partial charge in [0.05, 0.1) is 18.2 Å². The Morgan fingerprint density at radius 2 is 2.42 bits per heavy atom. The molecule has 12 heavy (non-hydrogen) atoms. The predicted molar refractivity (Wildman–Crippen MR) is 47.2 cm³/mol. The van der Waals surface area contributed by atoms with E-state index in [9.17, 15) is 0 Å². The van der Waals surface area contributed by atoms with Crippen molar-refractivity contribution in [1.29, 1.82) is 0 Å². The minimum absolute atomic E-state index is 0.433. The van der Waals surface area contributed by atoms with Gasteiger partial charge in [-0.2, -0.15) is 0 Å². The molecule has 0 atom stereocenters. The van der Waals surface area contributed by atoms with Crippen LogP contribution in [-0.2, 0) is 17.0 Å². The number of hydrogen-bond acceptors (Lipinski definition) is 3. The molecule has 0 spiro atoms. The van der Waals surface area contributed by atoms with Crippen LogP contribution in [0, 0.1) is 0 Å². The zero-order valence-electron chi connectivity index (χ0n) is 6.96. The summed E-state index contributed by atoms with van der Waals surface area (Å²) in [5.41, 5.74) is 0.859. The Morgan fingerprint density at radius 1 is 1.58 bits per heavy atom. The van der Waals surface area contributed by atoms with Crippen LogP contribution in [0.2, 0.25) is 0 Å². The second kappa shape index (κ2) is 5.06. The molecule has 1 aromatic heterocycles. The molecule has 0 N–H and O–H groups in total. The molecule has 0 bridgehead atoms. The van der Waals surface area contributed by atoms with Crippen molar-refractivity contribution >= 4 is 11.6 Å². The van der Waals surface area contributed by atoms with Crippen LogP contribution >= 0.6 is 11.6 Å². The fourth-order valence-corrected chi connectivity index (χ4v) is 0.978. The maximum Gasteiger partial charge on any atom is 0.130 e. The summed E-state index contributed by atoms with van der Waals surface area (Å²) >= 11 is 5.61. The quantitative estimate of drug-likeness (QED) is 0.667. The molecule has 0 aliphatic rings. The van der Waals surface area contributed by atoms with Crippen LogP contribution in [0.25, 0.3) is 0 Å². The lowest BCUT2D eigenvalue weighted by Crippen LogP contribution is -2.01. The first-order valence-electron chi connectivity index (χ1n) is 3.72. The van der Waals surface area contributed by atoms with Gasteiger partial charge in [0.2, 0.25) is 0 Å². The van der Waals surface area contributed by atoms with E-state index >= 15 is 0 Å². The Hall–Kier alpha value is -0.670. The summed E-state index contributed by atoms with van der Waals surface area (Å²) in [6.45, 7) is 0.645. The Kier molecular flexibility index (Phi) is 3.97. The molecule has 0 radical (unpaired) electrons. The van der Waals surface area contributed by atoms with Crippen molar-refractivity contribution in [3.8, 4) is 0 Å². The summed E-state index contributed by atoms with van der Waals surface area (Å²) in [5.74, 6) is 1.22. The molecule has 0 amide bonds. The number of nitrogens with zero attached hydrogens (tertiary/aromatic N) is 2. The zero-order chi connectivity index (χ0) is 8.81. The molecule has 1 heterocycles. The van der Waals surface area contributed by atoms with Crippen molar-refractivity contribution in [2.24, 2.45) is 0 Å². The van der Waals surface area contributed by atoms with E-state index in [1.807, 2.05) is 6.07 Å². The second-order valence-corrected chi connectivity index (χ2v) is 2.61. The van der Waals surface area contributed by atoms with E-state index in [2.05, 4.69) is 9.97 Å². The zero-order valence-corrected chi connectivity index (χ0v) is 7.71. The highest BCUT2D eigenvalue weighted by atomic mass is 35.5. The minimum atomic E-state index is 0.433. The standard InChI is InChI=1S/C8H11ClN2O/c1-12-5-3-8-10-4-2-7(6-9)11-8/h2,4H,3,5-6H2,1H3. The van der Waals surface area contributed by atoms with Crippen molar-refractivity contribution in [3.05, 3.63) is 23.8 Å². The van der Waals surface area contributed by atoms with E-state index in [-0.39, 0.29) is 0 Å². The predicted octanol–water partition coefficient (Wildman–Crippen LogP) is 1.40. The van der Waals surface area contributed by atoms with Gasteiger partial charge in [0.25, 0.3) is 0 Å². The number of aromatic nitrogens is 2. The van der Waals surface area contributed by atoms with E-state index in [0.717, 1.165) is 17.9 Å². The van der Waals surface area contributed by atoms with Crippen molar-refractivity contribution in [2.45, 2.75) is 12.3 Å². The van der Waals surface area contributed by atoms with Gasteiger partial charge in [-0.3, -0.25) is 0 Å². The summed E-state index contributed by atoms with van der Waals surface area (Å²) in [5, 5.41) is 0. The third-order valence-electron chi connectivity index (χ3n) is 1.43. The van der Waals surface area contributed by atoms with Gasteiger partial charge in [-0.15, -0.1) is 11.6 Å². The van der Waals surface area contributed by atoms with Gasteiger partial charge in [0, 0.05) is 19.7 Å². The van der Waals surface area contributed by atoms with E-state index in [1.165, 1.54) is 0 Å². The fourth-order valence-electron chi connectivity index (χ4n) is 0.829. The van der Waals surface area contributed by atoms with Gasteiger partial charge in [-0.1, -0.05) is 0 Å². The van der Waals surface area contributed by atoms with Crippen LogP contribution in [0.15, 0.2) is 12.3 Å². The Morgan fingerprint density at radius 3 is 3.08 bits per heavy atom. The molecule has 0 aliphatic heterocycles. The summed E-state index contributed by atoms with van der Waals surface area (Å²) in [6, 6.07) is 1.81. The first-order chi connectivity index (χ1) is 5.86. The lowest BCUT2D eigenvalue weighted by molar-refractivity contribution is 0.200. The highest BCUT2D eigenvalue weighted by Gasteiger charge is 1.97. The van der Waals surface area contributed by atoms with E-state index in [4.69, 9.17) is 16.3 Å². The molecule has 0 fully saturated rings. The summed E-state index contributed by atoms with van der Waals surface area (Å²) in [4.78, 5) is 8.28. The van der Waals surface area contributed by atoms with Crippen molar-refractivity contribution < 1.29 is 4.74 Å². The number of hydrogen-bond donors (Lipinski definition) is 0. The number of halogens is 1. The number of methoxy groups -OCH3 is 1. The summed E-state index contributed by atoms with van der Waals surface area (Å²) in [7, 11) is 1.66. The largest absolute Gasteiger partial charge is 0.384 e. The van der Waals surface area contributed by atoms with Crippen LogP contribution in [0.5, 0.6) is 0 Å². The minimum Gasteiger partial charge on any atom is -0.384 e. The van der Waals surface area contributed by atoms with Gasteiger partial charge in [0.15, 0.2) is 0 Å². The average Bonchev–Trinajstić information content (AvgIpc) is 2.15. The van der Waals surface area contributed by atoms with E-state index in [0.29, 0.717) is 12.5 Å². The Bertz CT molecular complexity index is 242. The third-order valence-corrected chi connectivity index (χ3v) is 1.70. The normalized spacial score (nSPS) is 10.2. The second-order valence-electron chi connectivity index (χ2n) is 2.34. The average molecular weight is 187 g/mol. The molecule has 0 aromatic carbocycles. The number of rotatable bonds is 4. The summed E-state index contributed by atoms with van der Waals surface area (Å²) < 4.78 is 4.91. The van der Waals surface area contributed by atoms with E-state index in [1.54, 1.807) is 13.3 Å². The van der Waals surface area contributed by atoms with Crippen LogP contribution < -0.4 is 0 Å². The Balaban J connectivity index is 2.60. The van der Waals surface area contributed by atoms with Crippen LogP contribution in [0.3, 0.4) is 0 Å². The topological polar surface area (TPSA) is 35.0 Å². The highest BCUT2D eigenvalue weighted by Crippen LogP contribution is 1.99. The molecular formula is C8H11ClN2O. The fraction of sp³-hybridized carbons (Fsp3) is 0.500. The number of alkyl halides is 1. The van der Waals surface area contributed by atoms with Crippen LogP contribution in [-0.4, -0.2) is 23.7 Å². The molecule has 0 unspecified atom stereocenters. The number of ether oxygens (including phenoxy) is 1. The van der Waals surface area contributed by atoms with E-state index < -0.39 is 0 Å². The SMILES string of the molecule is COCCc1nccc(CCl)n1. The summed E-state index contributed by atoms with van der Waals surface area (Å²) in [6.07, 6.45) is 2.46. The van der Waals surface area contributed by atoms with Crippen molar-refractivity contribution in [3.63, 3.8) is 0 Å². The van der Waals surface area contributed by atoms with Crippen molar-refractivity contribution in [1.82, 2.24) is 9.97 Å². The first kappa shape index (κ1) is 9.42. The molecule has 0 saturated carbocycles. The molecule has 66 valence electrons. The van der Waals surface area contributed by atoms with Crippen LogP contribution in [0.1, 0.15) is 11.5 Å².